The lowest BCUT2D eigenvalue weighted by molar-refractivity contribution is -0.187. The van der Waals surface area contributed by atoms with Crippen molar-refractivity contribution in [1.29, 1.82) is 0 Å². The average Bonchev–Trinajstić information content (AvgIpc) is 2.72. The van der Waals surface area contributed by atoms with Crippen molar-refractivity contribution in [2.75, 3.05) is 13.1 Å². The van der Waals surface area contributed by atoms with Crippen LogP contribution in [0.4, 0.5) is 13.2 Å². The molecular weight excluding hydrogens is 455 g/mol. The van der Waals surface area contributed by atoms with Gasteiger partial charge in [-0.15, -0.1) is 0 Å². The van der Waals surface area contributed by atoms with Crippen LogP contribution in [0.1, 0.15) is 24.0 Å². The largest absolute Gasteiger partial charge is 0.482 e. The van der Waals surface area contributed by atoms with Crippen molar-refractivity contribution in [3.8, 4) is 5.75 Å². The lowest BCUT2D eigenvalue weighted by Gasteiger charge is -2.43. The Morgan fingerprint density at radius 3 is 2.29 bits per heavy atom. The van der Waals surface area contributed by atoms with Gasteiger partial charge < -0.3 is 9.64 Å². The van der Waals surface area contributed by atoms with Crippen molar-refractivity contribution in [3.63, 3.8) is 0 Å². The molecule has 10 heteroatoms. The summed E-state index contributed by atoms with van der Waals surface area (Å²) in [6.07, 6.45) is -2.77. The van der Waals surface area contributed by atoms with E-state index in [1.807, 2.05) is 36.4 Å². The predicted molar refractivity (Wildman–Crippen MR) is 108 cm³/mol. The molecule has 2 aliphatic rings. The fourth-order valence-corrected chi connectivity index (χ4v) is 4.70. The Balaban J connectivity index is 1.73. The molecule has 1 spiro atoms. The average molecular weight is 472 g/mol. The normalized spacial score (nSPS) is 18.2. The van der Waals surface area contributed by atoms with E-state index in [0.717, 1.165) is 10.5 Å². The van der Waals surface area contributed by atoms with Gasteiger partial charge in [0.15, 0.2) is 0 Å². The third-order valence-corrected chi connectivity index (χ3v) is 6.82. The van der Waals surface area contributed by atoms with E-state index in [9.17, 15) is 26.4 Å². The highest BCUT2D eigenvalue weighted by molar-refractivity contribution is 8.13. The molecule has 164 valence electrons. The molecule has 0 radical (unpaired) electrons. The molecule has 0 bridgehead atoms. The number of carbonyl (C=O) groups is 1. The van der Waals surface area contributed by atoms with Crippen LogP contribution in [0.15, 0.2) is 59.5 Å². The van der Waals surface area contributed by atoms with Gasteiger partial charge in [0.2, 0.25) is 0 Å². The van der Waals surface area contributed by atoms with E-state index in [1.54, 1.807) is 0 Å². The fraction of sp³-hybridized carbons (Fsp3) is 0.286. The minimum atomic E-state index is -4.92. The number of likely N-dealkylation sites (tertiary alicyclic amines) is 1. The Labute approximate surface area is 181 Å². The zero-order valence-electron chi connectivity index (χ0n) is 16.0. The van der Waals surface area contributed by atoms with Crippen molar-refractivity contribution in [2.45, 2.75) is 29.5 Å². The molecule has 0 saturated carbocycles. The second kappa shape index (κ2) is 7.56. The monoisotopic (exact) mass is 471 g/mol. The number of halogens is 4. The van der Waals surface area contributed by atoms with Gasteiger partial charge in [-0.1, -0.05) is 30.3 Å². The number of hydrogen-bond acceptors (Lipinski definition) is 4. The molecule has 2 aromatic carbocycles. The Kier molecular flexibility index (Phi) is 5.29. The van der Waals surface area contributed by atoms with Crippen molar-refractivity contribution >= 4 is 31.2 Å². The molecule has 0 aromatic heterocycles. The molecule has 2 aliphatic heterocycles. The number of carbonyl (C=O) groups excluding carboxylic acids is 1. The van der Waals surface area contributed by atoms with E-state index in [1.165, 1.54) is 18.2 Å². The van der Waals surface area contributed by atoms with Gasteiger partial charge in [0.25, 0.3) is 9.05 Å². The number of benzene rings is 2. The van der Waals surface area contributed by atoms with Crippen molar-refractivity contribution in [1.82, 2.24) is 4.90 Å². The maximum Gasteiger partial charge on any atom is 0.471 e. The van der Waals surface area contributed by atoms with Crippen molar-refractivity contribution in [3.05, 3.63) is 65.7 Å². The predicted octanol–water partition coefficient (Wildman–Crippen LogP) is 4.36. The second-order valence-corrected chi connectivity index (χ2v) is 10.0. The molecule has 0 atom stereocenters. The van der Waals surface area contributed by atoms with Crippen molar-refractivity contribution in [2.24, 2.45) is 0 Å². The summed E-state index contributed by atoms with van der Waals surface area (Å²) in [5, 5.41) is 0. The molecule has 0 N–H and O–H groups in total. The fourth-order valence-electron chi connectivity index (χ4n) is 3.92. The topological polar surface area (TPSA) is 63.7 Å². The molecule has 1 fully saturated rings. The van der Waals surface area contributed by atoms with Crippen LogP contribution >= 0.6 is 10.7 Å². The van der Waals surface area contributed by atoms with Gasteiger partial charge in [-0.25, -0.2) is 8.42 Å². The highest BCUT2D eigenvalue weighted by Crippen LogP contribution is 2.44. The Hall–Kier alpha value is -2.52. The highest BCUT2D eigenvalue weighted by Gasteiger charge is 2.47. The van der Waals surface area contributed by atoms with E-state index >= 15 is 0 Å². The number of hydrogen-bond donors (Lipinski definition) is 0. The number of alkyl halides is 3. The Morgan fingerprint density at radius 1 is 1.06 bits per heavy atom. The van der Waals surface area contributed by atoms with E-state index < -0.39 is 26.7 Å². The molecule has 2 aromatic rings. The zero-order chi connectivity index (χ0) is 22.4. The molecule has 0 unspecified atom stereocenters. The van der Waals surface area contributed by atoms with Gasteiger partial charge in [-0.3, -0.25) is 4.79 Å². The molecule has 0 aliphatic carbocycles. The summed E-state index contributed by atoms with van der Waals surface area (Å²) in [7, 11) is 1.53. The lowest BCUT2D eigenvalue weighted by Crippen LogP contribution is -2.52. The Bertz CT molecular complexity index is 1150. The standard InChI is InChI=1S/C21H17ClF3NO4S/c22-31(28,29)15-6-7-18-16(12-15)17(14-4-2-1-3-5-14)13-20(30-18)8-10-26(11-9-20)19(27)21(23,24)25/h1-7,12-13H,8-11H2. The summed E-state index contributed by atoms with van der Waals surface area (Å²) < 4.78 is 68.2. The lowest BCUT2D eigenvalue weighted by atomic mass is 9.83. The van der Waals surface area contributed by atoms with Crippen LogP contribution in [-0.4, -0.2) is 44.1 Å². The SMILES string of the molecule is O=C(N1CCC2(C=C(c3ccccc3)c3cc(S(=O)(=O)Cl)ccc3O2)CC1)C(F)(F)F. The first kappa shape index (κ1) is 21.7. The van der Waals surface area contributed by atoms with E-state index in [2.05, 4.69) is 0 Å². The molecule has 2 heterocycles. The maximum absolute atomic E-state index is 12.8. The highest BCUT2D eigenvalue weighted by atomic mass is 35.7. The number of piperidine rings is 1. The maximum atomic E-state index is 12.8. The molecule has 5 nitrogen and oxygen atoms in total. The minimum Gasteiger partial charge on any atom is -0.482 e. The van der Waals surface area contributed by atoms with Crippen LogP contribution in [0.3, 0.4) is 0 Å². The summed E-state index contributed by atoms with van der Waals surface area (Å²) in [6, 6.07) is 13.4. The first-order valence-corrected chi connectivity index (χ1v) is 11.7. The first-order valence-electron chi connectivity index (χ1n) is 9.41. The minimum absolute atomic E-state index is 0.0834. The van der Waals surface area contributed by atoms with Crippen LogP contribution in [0.5, 0.6) is 5.75 Å². The molecule has 1 amide bonds. The van der Waals surface area contributed by atoms with Gasteiger partial charge in [-0.05, 0) is 35.4 Å². The second-order valence-electron chi connectivity index (χ2n) is 7.48. The summed E-state index contributed by atoms with van der Waals surface area (Å²) >= 11 is 0. The zero-order valence-corrected chi connectivity index (χ0v) is 17.6. The van der Waals surface area contributed by atoms with Crippen LogP contribution in [0, 0.1) is 0 Å². The van der Waals surface area contributed by atoms with E-state index in [4.69, 9.17) is 15.4 Å². The molecular formula is C21H17ClF3NO4S. The number of nitrogens with zero attached hydrogens (tertiary/aromatic N) is 1. The van der Waals surface area contributed by atoms with Crippen LogP contribution in [0.2, 0.25) is 0 Å². The van der Waals surface area contributed by atoms with Gasteiger partial charge in [0.05, 0.1) is 4.90 Å². The van der Waals surface area contributed by atoms with Crippen molar-refractivity contribution < 1.29 is 31.1 Å². The van der Waals surface area contributed by atoms with Gasteiger partial charge in [0.1, 0.15) is 11.4 Å². The van der Waals surface area contributed by atoms with E-state index in [0.29, 0.717) is 16.9 Å². The smallest absolute Gasteiger partial charge is 0.471 e. The molecule has 4 rings (SSSR count). The summed E-state index contributed by atoms with van der Waals surface area (Å²) in [5.74, 6) is -1.45. The molecule has 1 saturated heterocycles. The summed E-state index contributed by atoms with van der Waals surface area (Å²) in [4.78, 5) is 12.3. The van der Waals surface area contributed by atoms with Crippen LogP contribution in [0.25, 0.3) is 5.57 Å². The van der Waals surface area contributed by atoms with Gasteiger partial charge >= 0.3 is 12.1 Å². The Morgan fingerprint density at radius 2 is 1.71 bits per heavy atom. The van der Waals surface area contributed by atoms with Crippen LogP contribution < -0.4 is 4.74 Å². The number of amides is 1. The third-order valence-electron chi connectivity index (χ3n) is 5.47. The molecule has 31 heavy (non-hydrogen) atoms. The summed E-state index contributed by atoms with van der Waals surface area (Å²) in [6.45, 7) is -0.221. The van der Waals surface area contributed by atoms with Gasteiger partial charge in [0, 0.05) is 42.2 Å². The quantitative estimate of drug-likeness (QED) is 0.610. The van der Waals surface area contributed by atoms with E-state index in [-0.39, 0.29) is 30.8 Å². The third kappa shape index (κ3) is 4.29. The summed E-state index contributed by atoms with van der Waals surface area (Å²) in [5.41, 5.74) is 1.10. The first-order chi connectivity index (χ1) is 14.5. The number of fused-ring (bicyclic) bond motifs is 1. The number of ether oxygens (including phenoxy) is 1. The van der Waals surface area contributed by atoms with Gasteiger partial charge in [-0.2, -0.15) is 13.2 Å². The van der Waals surface area contributed by atoms with Crippen LogP contribution in [-0.2, 0) is 13.8 Å². The number of rotatable bonds is 2.